The van der Waals surface area contributed by atoms with Crippen LogP contribution in [0.1, 0.15) is 44.1 Å². The molecule has 1 aliphatic carbocycles. The number of hydrogen-bond donors (Lipinski definition) is 2. The summed E-state index contributed by atoms with van der Waals surface area (Å²) in [5, 5.41) is 7.62. The number of benzene rings is 1. The zero-order valence-electron chi connectivity index (χ0n) is 14.2. The summed E-state index contributed by atoms with van der Waals surface area (Å²) in [6.45, 7) is 0.715. The number of nitrogens with zero attached hydrogens (tertiary/aromatic N) is 3. The molecule has 0 saturated heterocycles. The van der Waals surface area contributed by atoms with Crippen molar-refractivity contribution in [1.29, 1.82) is 0 Å². The molecule has 1 aromatic heterocycles. The second-order valence-electron chi connectivity index (χ2n) is 6.47. The van der Waals surface area contributed by atoms with Crippen molar-refractivity contribution in [2.45, 2.75) is 51.0 Å². The first-order chi connectivity index (χ1) is 11.8. The van der Waals surface area contributed by atoms with Crippen LogP contribution >= 0.6 is 0 Å². The lowest BCUT2D eigenvalue weighted by atomic mass is 10.1. The van der Waals surface area contributed by atoms with Crippen LogP contribution in [0.15, 0.2) is 47.7 Å². The Kier molecular flexibility index (Phi) is 5.88. The molecular weight excluding hydrogens is 298 g/mol. The summed E-state index contributed by atoms with van der Waals surface area (Å²) in [5.74, 6) is 0.593. The highest BCUT2D eigenvalue weighted by Crippen LogP contribution is 2.17. The third-order valence-corrected chi connectivity index (χ3v) is 4.60. The lowest BCUT2D eigenvalue weighted by Crippen LogP contribution is -2.40. The van der Waals surface area contributed by atoms with Crippen molar-refractivity contribution in [2.24, 2.45) is 10.7 Å². The van der Waals surface area contributed by atoms with Crippen LogP contribution in [0.3, 0.4) is 0 Å². The molecule has 1 aliphatic rings. The average Bonchev–Trinajstić information content (AvgIpc) is 3.01. The second kappa shape index (κ2) is 8.52. The van der Waals surface area contributed by atoms with Gasteiger partial charge >= 0.3 is 0 Å². The molecule has 24 heavy (non-hydrogen) atoms. The lowest BCUT2D eigenvalue weighted by Gasteiger charge is -2.16. The summed E-state index contributed by atoms with van der Waals surface area (Å²) in [6, 6.07) is 10.8. The normalized spacial score (nSPS) is 16.8. The molecule has 5 nitrogen and oxygen atoms in total. The topological polar surface area (TPSA) is 68.2 Å². The Balaban J connectivity index is 1.46. The van der Waals surface area contributed by atoms with Crippen LogP contribution in [-0.4, -0.2) is 28.3 Å². The van der Waals surface area contributed by atoms with E-state index in [4.69, 9.17) is 5.73 Å². The Morgan fingerprint density at radius 3 is 2.58 bits per heavy atom. The fourth-order valence-corrected chi connectivity index (χ4v) is 3.22. The predicted molar refractivity (Wildman–Crippen MR) is 98.4 cm³/mol. The first kappa shape index (κ1) is 16.6. The fraction of sp³-hybridized carbons (Fsp3) is 0.474. The lowest BCUT2D eigenvalue weighted by molar-refractivity contribution is 0.530. The number of hydrogen-bond acceptors (Lipinski definition) is 2. The van der Waals surface area contributed by atoms with Crippen molar-refractivity contribution >= 4 is 5.96 Å². The second-order valence-corrected chi connectivity index (χ2v) is 6.47. The zero-order chi connectivity index (χ0) is 16.6. The first-order valence-corrected chi connectivity index (χ1v) is 8.97. The number of nitrogens with one attached hydrogen (secondary N) is 1. The molecule has 0 unspecified atom stereocenters. The molecule has 0 amide bonds. The molecule has 1 saturated carbocycles. The minimum atomic E-state index is 0.504. The molecule has 3 rings (SSSR count). The van der Waals surface area contributed by atoms with Crippen molar-refractivity contribution < 1.29 is 0 Å². The molecule has 1 fully saturated rings. The van der Waals surface area contributed by atoms with E-state index in [1.54, 1.807) is 6.20 Å². The van der Waals surface area contributed by atoms with Crippen molar-refractivity contribution in [3.05, 3.63) is 48.3 Å². The SMILES string of the molecule is NC(=NCCc1ccc(-n2cccn2)cc1)NC1CCCCCC1. The molecule has 0 spiro atoms. The smallest absolute Gasteiger partial charge is 0.188 e. The molecule has 0 aliphatic heterocycles. The molecule has 2 aromatic rings. The minimum absolute atomic E-state index is 0.504. The van der Waals surface area contributed by atoms with Gasteiger partial charge in [-0.25, -0.2) is 4.68 Å². The molecule has 128 valence electrons. The van der Waals surface area contributed by atoms with Gasteiger partial charge in [0.25, 0.3) is 0 Å². The Bertz CT molecular complexity index is 622. The highest BCUT2D eigenvalue weighted by molar-refractivity contribution is 5.78. The number of guanidine groups is 1. The van der Waals surface area contributed by atoms with E-state index in [9.17, 15) is 0 Å². The van der Waals surface area contributed by atoms with Gasteiger partial charge in [0.05, 0.1) is 5.69 Å². The van der Waals surface area contributed by atoms with Crippen molar-refractivity contribution in [2.75, 3.05) is 6.54 Å². The van der Waals surface area contributed by atoms with Crippen LogP contribution < -0.4 is 11.1 Å². The number of aliphatic imine (C=N–C) groups is 1. The molecule has 5 heteroatoms. The van der Waals surface area contributed by atoms with Crippen LogP contribution in [0.4, 0.5) is 0 Å². The van der Waals surface area contributed by atoms with E-state index in [0.717, 1.165) is 12.1 Å². The van der Waals surface area contributed by atoms with Gasteiger partial charge in [0.2, 0.25) is 0 Å². The van der Waals surface area contributed by atoms with Gasteiger partial charge < -0.3 is 11.1 Å². The average molecular weight is 325 g/mol. The highest BCUT2D eigenvalue weighted by atomic mass is 15.3. The number of nitrogens with two attached hydrogens (primary N) is 1. The predicted octanol–water partition coefficient (Wildman–Crippen LogP) is 3.04. The molecule has 1 aromatic carbocycles. The number of rotatable bonds is 5. The summed E-state index contributed by atoms with van der Waals surface area (Å²) in [7, 11) is 0. The number of aromatic nitrogens is 2. The molecule has 0 atom stereocenters. The van der Waals surface area contributed by atoms with Gasteiger partial charge in [-0.1, -0.05) is 37.8 Å². The first-order valence-electron chi connectivity index (χ1n) is 8.97. The van der Waals surface area contributed by atoms with E-state index < -0.39 is 0 Å². The van der Waals surface area contributed by atoms with Gasteiger partial charge in [0, 0.05) is 25.0 Å². The van der Waals surface area contributed by atoms with Crippen molar-refractivity contribution in [3.63, 3.8) is 0 Å². The van der Waals surface area contributed by atoms with Gasteiger partial charge in [0.15, 0.2) is 5.96 Å². The van der Waals surface area contributed by atoms with Gasteiger partial charge in [0.1, 0.15) is 0 Å². The van der Waals surface area contributed by atoms with Crippen LogP contribution in [0.2, 0.25) is 0 Å². The summed E-state index contributed by atoms with van der Waals surface area (Å²) in [4.78, 5) is 4.48. The molecule has 3 N–H and O–H groups in total. The van der Waals surface area contributed by atoms with E-state index in [1.165, 1.54) is 44.1 Å². The molecule has 0 radical (unpaired) electrons. The fourth-order valence-electron chi connectivity index (χ4n) is 3.22. The van der Waals surface area contributed by atoms with E-state index in [2.05, 4.69) is 39.7 Å². The van der Waals surface area contributed by atoms with Gasteiger partial charge in [-0.2, -0.15) is 5.10 Å². The summed E-state index contributed by atoms with van der Waals surface area (Å²) >= 11 is 0. The maximum Gasteiger partial charge on any atom is 0.188 e. The Hall–Kier alpha value is -2.30. The van der Waals surface area contributed by atoms with Crippen LogP contribution in [0.25, 0.3) is 5.69 Å². The third kappa shape index (κ3) is 4.85. The molecule has 0 bridgehead atoms. The Labute approximate surface area is 144 Å². The Morgan fingerprint density at radius 1 is 1.17 bits per heavy atom. The van der Waals surface area contributed by atoms with E-state index in [-0.39, 0.29) is 0 Å². The standard InChI is InChI=1S/C19H27N5/c20-19(23-17-6-3-1-2-4-7-17)21-14-12-16-8-10-18(11-9-16)24-15-5-13-22-24/h5,8-11,13,15,17H,1-4,6-7,12,14H2,(H3,20,21,23). The third-order valence-electron chi connectivity index (χ3n) is 4.60. The van der Waals surface area contributed by atoms with Gasteiger partial charge in [-0.05, 0) is 43.0 Å². The van der Waals surface area contributed by atoms with E-state index in [0.29, 0.717) is 18.5 Å². The highest BCUT2D eigenvalue weighted by Gasteiger charge is 2.12. The Morgan fingerprint density at radius 2 is 1.92 bits per heavy atom. The monoisotopic (exact) mass is 325 g/mol. The zero-order valence-corrected chi connectivity index (χ0v) is 14.2. The van der Waals surface area contributed by atoms with E-state index >= 15 is 0 Å². The maximum atomic E-state index is 6.04. The summed E-state index contributed by atoms with van der Waals surface area (Å²) in [6.07, 6.45) is 12.4. The largest absolute Gasteiger partial charge is 0.370 e. The molecular formula is C19H27N5. The summed E-state index contributed by atoms with van der Waals surface area (Å²) < 4.78 is 1.86. The summed E-state index contributed by atoms with van der Waals surface area (Å²) in [5.41, 5.74) is 8.37. The van der Waals surface area contributed by atoms with Crippen molar-refractivity contribution in [3.8, 4) is 5.69 Å². The van der Waals surface area contributed by atoms with Crippen LogP contribution in [0.5, 0.6) is 0 Å². The maximum absolute atomic E-state index is 6.04. The van der Waals surface area contributed by atoms with Crippen LogP contribution in [0, 0.1) is 0 Å². The molecule has 1 heterocycles. The van der Waals surface area contributed by atoms with Crippen molar-refractivity contribution in [1.82, 2.24) is 15.1 Å². The van der Waals surface area contributed by atoms with Gasteiger partial charge in [-0.15, -0.1) is 0 Å². The van der Waals surface area contributed by atoms with Crippen LogP contribution in [-0.2, 0) is 6.42 Å². The van der Waals surface area contributed by atoms with E-state index in [1.807, 2.05) is 16.9 Å². The minimum Gasteiger partial charge on any atom is -0.370 e. The van der Waals surface area contributed by atoms with Gasteiger partial charge in [-0.3, -0.25) is 4.99 Å². The quantitative estimate of drug-likeness (QED) is 0.504.